The van der Waals surface area contributed by atoms with E-state index in [2.05, 4.69) is 10.6 Å². The molecule has 0 bridgehead atoms. The smallest absolute Gasteiger partial charge is 0.253 e. The zero-order valence-electron chi connectivity index (χ0n) is 15.9. The first-order valence-corrected chi connectivity index (χ1v) is 9.06. The van der Waals surface area contributed by atoms with E-state index in [0.29, 0.717) is 25.9 Å². The van der Waals surface area contributed by atoms with Crippen molar-refractivity contribution in [3.8, 4) is 0 Å². The van der Waals surface area contributed by atoms with Crippen molar-refractivity contribution in [1.29, 1.82) is 0 Å². The Balaban J connectivity index is 2.07. The Bertz CT molecular complexity index is 570. The van der Waals surface area contributed by atoms with Gasteiger partial charge in [0.1, 0.15) is 6.10 Å². The molecule has 9 heteroatoms. The van der Waals surface area contributed by atoms with Gasteiger partial charge in [0, 0.05) is 43.6 Å². The van der Waals surface area contributed by atoms with Crippen molar-refractivity contribution in [3.05, 3.63) is 12.2 Å². The minimum Gasteiger partial charge on any atom is -0.396 e. The molecule has 0 aromatic heterocycles. The average Bonchev–Trinajstić information content (AvgIpc) is 2.95. The largest absolute Gasteiger partial charge is 0.396 e. The minimum absolute atomic E-state index is 0.0838. The van der Waals surface area contributed by atoms with Crippen molar-refractivity contribution in [2.75, 3.05) is 26.2 Å². The molecule has 0 unspecified atom stereocenters. The van der Waals surface area contributed by atoms with E-state index in [4.69, 9.17) is 5.11 Å². The standard InChI is InChI=1S/C18H29N3O6/c1-18(2,12-22)16(26)17(27)20-10-8-13(23)19-9-4-3-5-11-21-14(24)6-7-15(21)25/h6-7,16,22,26H,3-5,8-12H2,1-2H3,(H,19,23)(H,20,27)/t16-/m0/s1. The van der Waals surface area contributed by atoms with Crippen LogP contribution in [0.4, 0.5) is 0 Å². The fourth-order valence-electron chi connectivity index (χ4n) is 2.38. The topological polar surface area (TPSA) is 136 Å². The number of carbonyl (C=O) groups is 4. The molecule has 1 aliphatic heterocycles. The average molecular weight is 383 g/mol. The van der Waals surface area contributed by atoms with E-state index in [1.165, 1.54) is 17.1 Å². The number of hydrogen-bond acceptors (Lipinski definition) is 6. The molecule has 0 radical (unpaired) electrons. The molecule has 0 aromatic carbocycles. The van der Waals surface area contributed by atoms with Crippen LogP contribution < -0.4 is 10.6 Å². The molecule has 1 aliphatic rings. The van der Waals surface area contributed by atoms with Gasteiger partial charge < -0.3 is 20.8 Å². The van der Waals surface area contributed by atoms with Crippen molar-refractivity contribution < 1.29 is 29.4 Å². The molecule has 4 N–H and O–H groups in total. The molecule has 4 amide bonds. The highest BCUT2D eigenvalue weighted by Crippen LogP contribution is 2.19. The number of nitrogens with zero attached hydrogens (tertiary/aromatic N) is 1. The van der Waals surface area contributed by atoms with Crippen LogP contribution in [0.3, 0.4) is 0 Å². The number of carbonyl (C=O) groups excluding carboxylic acids is 4. The summed E-state index contributed by atoms with van der Waals surface area (Å²) in [7, 11) is 0. The first kappa shape index (κ1) is 22.8. The molecular weight excluding hydrogens is 354 g/mol. The summed E-state index contributed by atoms with van der Waals surface area (Å²) in [5, 5.41) is 24.1. The fourth-order valence-corrected chi connectivity index (χ4v) is 2.38. The second-order valence-corrected chi connectivity index (χ2v) is 7.16. The highest BCUT2D eigenvalue weighted by atomic mass is 16.3. The SMILES string of the molecule is CC(C)(CO)[C@@H](O)C(=O)NCCC(=O)NCCCCCN1C(=O)C=CC1=O. The van der Waals surface area contributed by atoms with Gasteiger partial charge in [-0.1, -0.05) is 13.8 Å². The summed E-state index contributed by atoms with van der Waals surface area (Å²) in [5.74, 6) is -1.42. The highest BCUT2D eigenvalue weighted by Gasteiger charge is 2.32. The Kier molecular flexibility index (Phi) is 9.10. The van der Waals surface area contributed by atoms with Crippen molar-refractivity contribution in [2.24, 2.45) is 5.41 Å². The molecular formula is C18H29N3O6. The zero-order valence-corrected chi connectivity index (χ0v) is 15.9. The van der Waals surface area contributed by atoms with Gasteiger partial charge in [-0.15, -0.1) is 0 Å². The van der Waals surface area contributed by atoms with Gasteiger partial charge in [-0.25, -0.2) is 0 Å². The predicted molar refractivity (Wildman–Crippen MR) is 97.2 cm³/mol. The van der Waals surface area contributed by atoms with E-state index >= 15 is 0 Å². The third kappa shape index (κ3) is 7.48. The molecule has 1 rings (SSSR count). The van der Waals surface area contributed by atoms with Crippen LogP contribution in [0.5, 0.6) is 0 Å². The van der Waals surface area contributed by atoms with Gasteiger partial charge in [-0.05, 0) is 19.3 Å². The van der Waals surface area contributed by atoms with Crippen LogP contribution in [0.15, 0.2) is 12.2 Å². The van der Waals surface area contributed by atoms with E-state index in [1.54, 1.807) is 13.8 Å². The maximum Gasteiger partial charge on any atom is 0.253 e. The Morgan fingerprint density at radius 3 is 2.30 bits per heavy atom. The van der Waals surface area contributed by atoms with Crippen molar-refractivity contribution >= 4 is 23.6 Å². The normalized spacial score (nSPS) is 15.2. The lowest BCUT2D eigenvalue weighted by Gasteiger charge is -2.27. The number of unbranched alkanes of at least 4 members (excludes halogenated alkanes) is 2. The van der Waals surface area contributed by atoms with E-state index in [0.717, 1.165) is 6.42 Å². The van der Waals surface area contributed by atoms with Crippen LogP contribution in [-0.4, -0.2) is 71.1 Å². The fraction of sp³-hybridized carbons (Fsp3) is 0.667. The van der Waals surface area contributed by atoms with E-state index < -0.39 is 17.4 Å². The highest BCUT2D eigenvalue weighted by molar-refractivity contribution is 6.12. The molecule has 0 aromatic rings. The lowest BCUT2D eigenvalue weighted by Crippen LogP contribution is -2.46. The Labute approximate surface area is 158 Å². The number of hydrogen-bond donors (Lipinski definition) is 4. The van der Waals surface area contributed by atoms with Crippen LogP contribution in [0.2, 0.25) is 0 Å². The third-order valence-corrected chi connectivity index (χ3v) is 4.33. The van der Waals surface area contributed by atoms with Crippen molar-refractivity contribution in [2.45, 2.75) is 45.6 Å². The predicted octanol–water partition coefficient (Wildman–Crippen LogP) is -0.916. The van der Waals surface area contributed by atoms with Crippen LogP contribution in [-0.2, 0) is 19.2 Å². The van der Waals surface area contributed by atoms with Crippen molar-refractivity contribution in [3.63, 3.8) is 0 Å². The molecule has 0 spiro atoms. The van der Waals surface area contributed by atoms with Gasteiger partial charge in [-0.2, -0.15) is 0 Å². The van der Waals surface area contributed by atoms with Gasteiger partial charge in [0.25, 0.3) is 11.8 Å². The zero-order chi connectivity index (χ0) is 20.4. The number of nitrogens with one attached hydrogen (secondary N) is 2. The van der Waals surface area contributed by atoms with Gasteiger partial charge in [-0.3, -0.25) is 24.1 Å². The van der Waals surface area contributed by atoms with Crippen LogP contribution in [0.25, 0.3) is 0 Å². The summed E-state index contributed by atoms with van der Waals surface area (Å²) in [6, 6.07) is 0. The Morgan fingerprint density at radius 1 is 1.07 bits per heavy atom. The number of amides is 4. The molecule has 27 heavy (non-hydrogen) atoms. The summed E-state index contributed by atoms with van der Waals surface area (Å²) in [5.41, 5.74) is -0.952. The second kappa shape index (κ2) is 10.8. The van der Waals surface area contributed by atoms with Gasteiger partial charge >= 0.3 is 0 Å². The lowest BCUT2D eigenvalue weighted by molar-refractivity contribution is -0.138. The molecule has 0 fully saturated rings. The molecule has 152 valence electrons. The monoisotopic (exact) mass is 383 g/mol. The molecule has 0 saturated carbocycles. The number of imide groups is 1. The maximum atomic E-state index is 11.8. The van der Waals surface area contributed by atoms with E-state index in [-0.39, 0.29) is 37.3 Å². The summed E-state index contributed by atoms with van der Waals surface area (Å²) >= 11 is 0. The molecule has 1 heterocycles. The van der Waals surface area contributed by atoms with Crippen LogP contribution >= 0.6 is 0 Å². The number of aliphatic hydroxyl groups excluding tert-OH is 2. The molecule has 0 aliphatic carbocycles. The molecule has 9 nitrogen and oxygen atoms in total. The van der Waals surface area contributed by atoms with E-state index in [1.807, 2.05) is 0 Å². The third-order valence-electron chi connectivity index (χ3n) is 4.33. The Hall–Kier alpha value is -2.26. The Morgan fingerprint density at radius 2 is 1.70 bits per heavy atom. The second-order valence-electron chi connectivity index (χ2n) is 7.16. The van der Waals surface area contributed by atoms with Gasteiger partial charge in [0.05, 0.1) is 6.61 Å². The first-order valence-electron chi connectivity index (χ1n) is 9.06. The van der Waals surface area contributed by atoms with Crippen LogP contribution in [0, 0.1) is 5.41 Å². The number of aliphatic hydroxyl groups is 2. The van der Waals surface area contributed by atoms with Crippen molar-refractivity contribution in [1.82, 2.24) is 15.5 Å². The molecule has 1 atom stereocenters. The molecule has 0 saturated heterocycles. The van der Waals surface area contributed by atoms with Gasteiger partial charge in [0.15, 0.2) is 0 Å². The first-order chi connectivity index (χ1) is 12.7. The van der Waals surface area contributed by atoms with E-state index in [9.17, 15) is 24.3 Å². The van der Waals surface area contributed by atoms with Crippen LogP contribution in [0.1, 0.15) is 39.5 Å². The lowest BCUT2D eigenvalue weighted by atomic mass is 9.87. The summed E-state index contributed by atoms with van der Waals surface area (Å²) in [4.78, 5) is 47.4. The minimum atomic E-state index is -1.35. The maximum absolute atomic E-state index is 11.8. The quantitative estimate of drug-likeness (QED) is 0.254. The summed E-state index contributed by atoms with van der Waals surface area (Å²) < 4.78 is 0. The summed E-state index contributed by atoms with van der Waals surface area (Å²) in [6.45, 7) is 3.73. The summed E-state index contributed by atoms with van der Waals surface area (Å²) in [6.07, 6.45) is 3.39. The number of rotatable bonds is 12. The van der Waals surface area contributed by atoms with Gasteiger partial charge in [0.2, 0.25) is 11.8 Å².